The lowest BCUT2D eigenvalue weighted by Gasteiger charge is -2.32. The van der Waals surface area contributed by atoms with Crippen molar-refractivity contribution in [3.05, 3.63) is 35.4 Å². The molecule has 1 unspecified atom stereocenters. The van der Waals surface area contributed by atoms with Gasteiger partial charge in [-0.05, 0) is 30.4 Å². The van der Waals surface area contributed by atoms with Crippen LogP contribution in [0.5, 0.6) is 0 Å². The van der Waals surface area contributed by atoms with Crippen LogP contribution in [0.2, 0.25) is 0 Å². The van der Waals surface area contributed by atoms with Gasteiger partial charge in [0.05, 0.1) is 5.60 Å². The number of rotatable bonds is 4. The Morgan fingerprint density at radius 3 is 2.87 bits per heavy atom. The molecule has 2 aliphatic rings. The SMILES string of the molecule is O=C(NCC1CCCc2ccccc21)NCC1(O)CCOCC1. The Morgan fingerprint density at radius 2 is 2.04 bits per heavy atom. The lowest BCUT2D eigenvalue weighted by Crippen LogP contribution is -2.49. The number of aliphatic hydroxyl groups is 1. The number of ether oxygens (including phenoxy) is 1. The van der Waals surface area contributed by atoms with Gasteiger partial charge in [0.1, 0.15) is 0 Å². The maximum Gasteiger partial charge on any atom is 0.314 e. The number of benzene rings is 1. The van der Waals surface area contributed by atoms with Crippen molar-refractivity contribution in [3.63, 3.8) is 0 Å². The Balaban J connectivity index is 1.46. The third kappa shape index (κ3) is 4.24. The number of hydrogen-bond acceptors (Lipinski definition) is 3. The van der Waals surface area contributed by atoms with Crippen LogP contribution in [0.3, 0.4) is 0 Å². The first-order chi connectivity index (χ1) is 11.2. The van der Waals surface area contributed by atoms with Gasteiger partial charge in [-0.15, -0.1) is 0 Å². The number of amides is 2. The molecular formula is C18H26N2O3. The van der Waals surface area contributed by atoms with Crippen LogP contribution >= 0.6 is 0 Å². The molecule has 0 spiro atoms. The van der Waals surface area contributed by atoms with E-state index in [1.807, 2.05) is 0 Å². The van der Waals surface area contributed by atoms with Crippen LogP contribution in [-0.2, 0) is 11.2 Å². The van der Waals surface area contributed by atoms with E-state index in [0.717, 1.165) is 12.8 Å². The highest BCUT2D eigenvalue weighted by Crippen LogP contribution is 2.30. The molecule has 2 amide bonds. The molecule has 0 saturated carbocycles. The van der Waals surface area contributed by atoms with Crippen molar-refractivity contribution in [2.24, 2.45) is 0 Å². The summed E-state index contributed by atoms with van der Waals surface area (Å²) in [6.07, 6.45) is 4.56. The second-order valence-electron chi connectivity index (χ2n) is 6.69. The van der Waals surface area contributed by atoms with Crippen LogP contribution < -0.4 is 10.6 Å². The normalized spacial score (nSPS) is 22.9. The van der Waals surface area contributed by atoms with Crippen molar-refractivity contribution in [2.45, 2.75) is 43.6 Å². The minimum atomic E-state index is -0.826. The summed E-state index contributed by atoms with van der Waals surface area (Å²) in [6.45, 7) is 2.03. The van der Waals surface area contributed by atoms with Crippen LogP contribution in [0.1, 0.15) is 42.7 Å². The number of fused-ring (bicyclic) bond motifs is 1. The highest BCUT2D eigenvalue weighted by Gasteiger charge is 2.30. The van der Waals surface area contributed by atoms with E-state index < -0.39 is 5.60 Å². The molecule has 5 heteroatoms. The quantitative estimate of drug-likeness (QED) is 0.794. The van der Waals surface area contributed by atoms with E-state index in [2.05, 4.69) is 34.9 Å². The summed E-state index contributed by atoms with van der Waals surface area (Å²) in [5.74, 6) is 0.386. The first kappa shape index (κ1) is 16.3. The largest absolute Gasteiger partial charge is 0.388 e. The molecule has 1 aromatic carbocycles. The Labute approximate surface area is 137 Å². The third-order valence-corrected chi connectivity index (χ3v) is 5.00. The Bertz CT molecular complexity index is 541. The molecule has 0 bridgehead atoms. The lowest BCUT2D eigenvalue weighted by atomic mass is 9.83. The van der Waals surface area contributed by atoms with Crippen LogP contribution in [0.15, 0.2) is 24.3 Å². The summed E-state index contributed by atoms with van der Waals surface area (Å²) in [7, 11) is 0. The molecule has 5 nitrogen and oxygen atoms in total. The first-order valence-electron chi connectivity index (χ1n) is 8.56. The monoisotopic (exact) mass is 318 g/mol. The topological polar surface area (TPSA) is 70.6 Å². The van der Waals surface area contributed by atoms with Gasteiger partial charge < -0.3 is 20.5 Å². The fraction of sp³-hybridized carbons (Fsp3) is 0.611. The molecule has 0 aromatic heterocycles. The minimum Gasteiger partial charge on any atom is -0.388 e. The Kier molecular flexibility index (Phi) is 5.18. The van der Waals surface area contributed by atoms with E-state index in [4.69, 9.17) is 4.74 Å². The summed E-state index contributed by atoms with van der Waals surface area (Å²) in [6, 6.07) is 8.30. The summed E-state index contributed by atoms with van der Waals surface area (Å²) in [4.78, 5) is 12.0. The van der Waals surface area contributed by atoms with Crippen molar-refractivity contribution >= 4 is 6.03 Å². The van der Waals surface area contributed by atoms with E-state index in [1.165, 1.54) is 17.5 Å². The highest BCUT2D eigenvalue weighted by molar-refractivity contribution is 5.74. The fourth-order valence-corrected chi connectivity index (χ4v) is 3.52. The minimum absolute atomic E-state index is 0.201. The van der Waals surface area contributed by atoms with Crippen molar-refractivity contribution in [1.82, 2.24) is 10.6 Å². The third-order valence-electron chi connectivity index (χ3n) is 5.00. The zero-order chi connectivity index (χ0) is 16.1. The smallest absolute Gasteiger partial charge is 0.314 e. The fourth-order valence-electron chi connectivity index (χ4n) is 3.52. The van der Waals surface area contributed by atoms with Gasteiger partial charge in [0.2, 0.25) is 0 Å². The molecule has 1 heterocycles. The number of aryl methyl sites for hydroxylation is 1. The first-order valence-corrected chi connectivity index (χ1v) is 8.56. The zero-order valence-corrected chi connectivity index (χ0v) is 13.5. The molecule has 1 fully saturated rings. The molecular weight excluding hydrogens is 292 g/mol. The summed E-state index contributed by atoms with van der Waals surface area (Å²) >= 11 is 0. The van der Waals surface area contributed by atoms with Crippen molar-refractivity contribution in [1.29, 1.82) is 0 Å². The molecule has 1 aliphatic heterocycles. The maximum atomic E-state index is 12.0. The molecule has 126 valence electrons. The molecule has 3 N–H and O–H groups in total. The van der Waals surface area contributed by atoms with Crippen LogP contribution in [0.4, 0.5) is 4.79 Å². The van der Waals surface area contributed by atoms with Crippen LogP contribution in [0.25, 0.3) is 0 Å². The second kappa shape index (κ2) is 7.32. The highest BCUT2D eigenvalue weighted by atomic mass is 16.5. The number of nitrogens with one attached hydrogen (secondary N) is 2. The van der Waals surface area contributed by atoms with E-state index in [1.54, 1.807) is 0 Å². The van der Waals surface area contributed by atoms with E-state index in [9.17, 15) is 9.90 Å². The van der Waals surface area contributed by atoms with Crippen molar-refractivity contribution in [2.75, 3.05) is 26.3 Å². The molecule has 1 aliphatic carbocycles. The lowest BCUT2D eigenvalue weighted by molar-refractivity contribution is -0.0600. The predicted octanol–water partition coefficient (Wildman–Crippen LogP) is 1.95. The van der Waals surface area contributed by atoms with Crippen molar-refractivity contribution in [3.8, 4) is 0 Å². The standard InChI is InChI=1S/C18H26N2O3/c21-17(20-13-18(22)8-10-23-11-9-18)19-12-15-6-3-5-14-4-1-2-7-16(14)15/h1-2,4,7,15,22H,3,5-6,8-13H2,(H2,19,20,21). The average Bonchev–Trinajstić information content (AvgIpc) is 2.59. The molecule has 0 radical (unpaired) electrons. The number of carbonyl (C=O) groups is 1. The van der Waals surface area contributed by atoms with Gasteiger partial charge in [0, 0.05) is 45.1 Å². The van der Waals surface area contributed by atoms with Crippen molar-refractivity contribution < 1.29 is 14.6 Å². The average molecular weight is 318 g/mol. The van der Waals surface area contributed by atoms with Gasteiger partial charge in [-0.3, -0.25) is 0 Å². The maximum absolute atomic E-state index is 12.0. The predicted molar refractivity (Wildman–Crippen MR) is 88.5 cm³/mol. The van der Waals surface area contributed by atoms with E-state index in [0.29, 0.717) is 38.5 Å². The zero-order valence-electron chi connectivity index (χ0n) is 13.5. The molecule has 1 saturated heterocycles. The van der Waals surface area contributed by atoms with Crippen LogP contribution in [-0.4, -0.2) is 43.0 Å². The summed E-state index contributed by atoms with van der Waals surface area (Å²) in [5.41, 5.74) is 1.94. The summed E-state index contributed by atoms with van der Waals surface area (Å²) in [5, 5.41) is 16.1. The Hall–Kier alpha value is -1.59. The van der Waals surface area contributed by atoms with Gasteiger partial charge in [-0.25, -0.2) is 4.79 Å². The van der Waals surface area contributed by atoms with E-state index in [-0.39, 0.29) is 12.6 Å². The van der Waals surface area contributed by atoms with Gasteiger partial charge in [0.25, 0.3) is 0 Å². The van der Waals surface area contributed by atoms with Gasteiger partial charge in [-0.1, -0.05) is 24.3 Å². The number of carbonyl (C=O) groups excluding carboxylic acids is 1. The number of urea groups is 1. The van der Waals surface area contributed by atoms with Gasteiger partial charge >= 0.3 is 6.03 Å². The molecule has 1 aromatic rings. The Morgan fingerprint density at radius 1 is 1.26 bits per heavy atom. The van der Waals surface area contributed by atoms with Gasteiger partial charge in [0.15, 0.2) is 0 Å². The van der Waals surface area contributed by atoms with Crippen LogP contribution in [0, 0.1) is 0 Å². The second-order valence-corrected chi connectivity index (χ2v) is 6.69. The number of hydrogen-bond donors (Lipinski definition) is 3. The molecule has 23 heavy (non-hydrogen) atoms. The van der Waals surface area contributed by atoms with E-state index >= 15 is 0 Å². The van der Waals surface area contributed by atoms with Gasteiger partial charge in [-0.2, -0.15) is 0 Å². The molecule has 3 rings (SSSR count). The molecule has 1 atom stereocenters. The summed E-state index contributed by atoms with van der Waals surface area (Å²) < 4.78 is 5.24.